The van der Waals surface area contributed by atoms with E-state index in [0.717, 1.165) is 11.3 Å². The molecule has 0 unspecified atom stereocenters. The van der Waals surface area contributed by atoms with Crippen LogP contribution < -0.4 is 16.0 Å². The van der Waals surface area contributed by atoms with E-state index < -0.39 is 6.04 Å². The monoisotopic (exact) mass is 335 g/mol. The number of carbonyl (C=O) groups is 2. The van der Waals surface area contributed by atoms with Crippen LogP contribution in [0, 0.1) is 0 Å². The van der Waals surface area contributed by atoms with Crippen LogP contribution in [0.3, 0.4) is 0 Å². The summed E-state index contributed by atoms with van der Waals surface area (Å²) in [7, 11) is 0. The van der Waals surface area contributed by atoms with Crippen LogP contribution in [0.1, 0.15) is 29.4 Å². The Kier molecular flexibility index (Phi) is 6.22. The highest BCUT2D eigenvalue weighted by Crippen LogP contribution is 2.16. The summed E-state index contributed by atoms with van der Waals surface area (Å²) in [5, 5.41) is 8.07. The molecule has 0 aliphatic heterocycles. The SMILES string of the molecule is CCc1ccc(CNC(=O)N[C@@H](C)C(=O)NCc2ccco2)s1. The van der Waals surface area contributed by atoms with Crippen LogP contribution in [0.2, 0.25) is 0 Å². The van der Waals surface area contributed by atoms with Gasteiger partial charge in [0.1, 0.15) is 11.8 Å². The Hall–Kier alpha value is -2.28. The second kappa shape index (κ2) is 8.38. The first-order chi connectivity index (χ1) is 11.1. The van der Waals surface area contributed by atoms with E-state index >= 15 is 0 Å². The highest BCUT2D eigenvalue weighted by atomic mass is 32.1. The summed E-state index contributed by atoms with van der Waals surface area (Å²) in [6.45, 7) is 4.49. The van der Waals surface area contributed by atoms with E-state index in [-0.39, 0.29) is 11.9 Å². The van der Waals surface area contributed by atoms with Crippen molar-refractivity contribution in [1.29, 1.82) is 0 Å². The van der Waals surface area contributed by atoms with Gasteiger partial charge in [0.05, 0.1) is 19.4 Å². The van der Waals surface area contributed by atoms with Crippen molar-refractivity contribution < 1.29 is 14.0 Å². The molecule has 2 heterocycles. The van der Waals surface area contributed by atoms with Crippen molar-refractivity contribution in [2.75, 3.05) is 0 Å². The molecule has 0 aliphatic carbocycles. The molecule has 0 saturated carbocycles. The molecule has 0 spiro atoms. The fourth-order valence-electron chi connectivity index (χ4n) is 1.93. The molecule has 0 radical (unpaired) electrons. The summed E-state index contributed by atoms with van der Waals surface area (Å²) in [5.41, 5.74) is 0. The van der Waals surface area contributed by atoms with Crippen molar-refractivity contribution >= 4 is 23.3 Å². The molecule has 6 nitrogen and oxygen atoms in total. The second-order valence-electron chi connectivity index (χ2n) is 5.07. The van der Waals surface area contributed by atoms with Crippen LogP contribution in [0.4, 0.5) is 4.79 Å². The predicted octanol–water partition coefficient (Wildman–Crippen LogP) is 2.41. The van der Waals surface area contributed by atoms with Crippen LogP contribution in [0.5, 0.6) is 0 Å². The highest BCUT2D eigenvalue weighted by Gasteiger charge is 2.15. The number of hydrogen-bond acceptors (Lipinski definition) is 4. The highest BCUT2D eigenvalue weighted by molar-refractivity contribution is 7.11. The molecule has 3 N–H and O–H groups in total. The molecule has 0 aliphatic rings. The Morgan fingerprint density at radius 1 is 1.17 bits per heavy atom. The summed E-state index contributed by atoms with van der Waals surface area (Å²) in [5.74, 6) is 0.403. The smallest absolute Gasteiger partial charge is 0.315 e. The molecule has 2 aromatic rings. The van der Waals surface area contributed by atoms with Crippen molar-refractivity contribution in [3.8, 4) is 0 Å². The van der Waals surface area contributed by atoms with Crippen LogP contribution in [0.25, 0.3) is 0 Å². The van der Waals surface area contributed by atoms with Gasteiger partial charge in [0, 0.05) is 9.75 Å². The van der Waals surface area contributed by atoms with Gasteiger partial charge in [-0.3, -0.25) is 4.79 Å². The molecule has 7 heteroatoms. The average Bonchev–Trinajstić information content (AvgIpc) is 3.21. The minimum atomic E-state index is -0.625. The van der Waals surface area contributed by atoms with Gasteiger partial charge >= 0.3 is 6.03 Å². The van der Waals surface area contributed by atoms with Crippen molar-refractivity contribution in [1.82, 2.24) is 16.0 Å². The number of amides is 3. The van der Waals surface area contributed by atoms with Gasteiger partial charge in [0.25, 0.3) is 0 Å². The molecule has 2 aromatic heterocycles. The third kappa shape index (κ3) is 5.45. The Labute approximate surface area is 139 Å². The number of urea groups is 1. The molecular weight excluding hydrogens is 314 g/mol. The predicted molar refractivity (Wildman–Crippen MR) is 89.1 cm³/mol. The lowest BCUT2D eigenvalue weighted by atomic mass is 10.3. The number of rotatable bonds is 7. The molecule has 124 valence electrons. The third-order valence-corrected chi connectivity index (χ3v) is 4.48. The van der Waals surface area contributed by atoms with E-state index in [2.05, 4.69) is 28.9 Å². The number of carbonyl (C=O) groups excluding carboxylic acids is 2. The first kappa shape index (κ1) is 17.1. The second-order valence-corrected chi connectivity index (χ2v) is 6.32. The molecule has 3 amide bonds. The molecule has 0 bridgehead atoms. The summed E-state index contributed by atoms with van der Waals surface area (Å²) in [4.78, 5) is 26.1. The lowest BCUT2D eigenvalue weighted by Crippen LogP contribution is -2.48. The van der Waals surface area contributed by atoms with Gasteiger partial charge in [-0.2, -0.15) is 0 Å². The molecule has 0 aromatic carbocycles. The Bertz CT molecular complexity index is 637. The minimum absolute atomic E-state index is 0.263. The van der Waals surface area contributed by atoms with E-state index in [1.807, 2.05) is 6.07 Å². The zero-order valence-corrected chi connectivity index (χ0v) is 14.0. The van der Waals surface area contributed by atoms with E-state index in [9.17, 15) is 9.59 Å². The Balaban J connectivity index is 1.69. The van der Waals surface area contributed by atoms with E-state index in [4.69, 9.17) is 4.42 Å². The van der Waals surface area contributed by atoms with Crippen molar-refractivity contribution in [2.45, 2.75) is 39.4 Å². The Morgan fingerprint density at radius 2 is 1.96 bits per heavy atom. The average molecular weight is 335 g/mol. The number of hydrogen-bond donors (Lipinski definition) is 3. The van der Waals surface area contributed by atoms with Crippen LogP contribution >= 0.6 is 11.3 Å². The zero-order chi connectivity index (χ0) is 16.7. The topological polar surface area (TPSA) is 83.4 Å². The molecule has 0 saturated heterocycles. The maximum absolute atomic E-state index is 11.9. The van der Waals surface area contributed by atoms with Crippen LogP contribution in [-0.2, 0) is 24.3 Å². The normalized spacial score (nSPS) is 11.7. The minimum Gasteiger partial charge on any atom is -0.467 e. The van der Waals surface area contributed by atoms with E-state index in [1.165, 1.54) is 4.88 Å². The summed E-state index contributed by atoms with van der Waals surface area (Å²) >= 11 is 1.67. The van der Waals surface area contributed by atoms with E-state index in [1.54, 1.807) is 36.7 Å². The lowest BCUT2D eigenvalue weighted by Gasteiger charge is -2.14. The van der Waals surface area contributed by atoms with Gasteiger partial charge in [0.15, 0.2) is 0 Å². The molecule has 2 rings (SSSR count). The lowest BCUT2D eigenvalue weighted by molar-refractivity contribution is -0.122. The summed E-state index contributed by atoms with van der Waals surface area (Å²) < 4.78 is 5.13. The molecule has 0 fully saturated rings. The quantitative estimate of drug-likeness (QED) is 0.726. The van der Waals surface area contributed by atoms with Crippen molar-refractivity contribution in [3.63, 3.8) is 0 Å². The van der Waals surface area contributed by atoms with Crippen LogP contribution in [-0.4, -0.2) is 18.0 Å². The largest absolute Gasteiger partial charge is 0.467 e. The van der Waals surface area contributed by atoms with E-state index in [0.29, 0.717) is 18.8 Å². The maximum atomic E-state index is 11.9. The van der Waals surface area contributed by atoms with Gasteiger partial charge in [-0.25, -0.2) is 4.79 Å². The number of thiophene rings is 1. The van der Waals surface area contributed by atoms with Crippen molar-refractivity contribution in [3.05, 3.63) is 46.0 Å². The first-order valence-electron chi connectivity index (χ1n) is 7.50. The number of furan rings is 1. The third-order valence-electron chi connectivity index (χ3n) is 3.25. The van der Waals surface area contributed by atoms with Gasteiger partial charge in [-0.1, -0.05) is 6.92 Å². The maximum Gasteiger partial charge on any atom is 0.315 e. The van der Waals surface area contributed by atoms with Gasteiger partial charge in [-0.05, 0) is 37.6 Å². The number of aryl methyl sites for hydroxylation is 1. The van der Waals surface area contributed by atoms with Gasteiger partial charge in [-0.15, -0.1) is 11.3 Å². The van der Waals surface area contributed by atoms with Crippen LogP contribution in [0.15, 0.2) is 34.9 Å². The summed E-state index contributed by atoms with van der Waals surface area (Å²) in [6.07, 6.45) is 2.54. The van der Waals surface area contributed by atoms with Gasteiger partial charge < -0.3 is 20.4 Å². The molecular formula is C16H21N3O3S. The van der Waals surface area contributed by atoms with Crippen molar-refractivity contribution in [2.24, 2.45) is 0 Å². The standard InChI is InChI=1S/C16H21N3O3S/c1-3-13-6-7-14(23-13)10-18-16(21)19-11(2)15(20)17-9-12-5-4-8-22-12/h4-8,11H,3,9-10H2,1-2H3,(H,17,20)(H2,18,19,21)/t11-/m0/s1. The molecule has 1 atom stereocenters. The number of nitrogens with one attached hydrogen (secondary N) is 3. The first-order valence-corrected chi connectivity index (χ1v) is 8.32. The fraction of sp³-hybridized carbons (Fsp3) is 0.375. The van der Waals surface area contributed by atoms with Gasteiger partial charge in [0.2, 0.25) is 5.91 Å². The fourth-order valence-corrected chi connectivity index (χ4v) is 2.83. The zero-order valence-electron chi connectivity index (χ0n) is 13.2. The summed E-state index contributed by atoms with van der Waals surface area (Å²) in [6, 6.07) is 6.60. The molecule has 23 heavy (non-hydrogen) atoms. The Morgan fingerprint density at radius 3 is 2.61 bits per heavy atom.